The van der Waals surface area contributed by atoms with Crippen LogP contribution in [0, 0.1) is 11.8 Å². The van der Waals surface area contributed by atoms with Crippen LogP contribution in [-0.2, 0) is 14.4 Å². The molecule has 7 nitrogen and oxygen atoms in total. The number of carbonyl (C=O) groups is 3. The molecule has 6 rings (SSSR count). The van der Waals surface area contributed by atoms with Crippen molar-refractivity contribution in [3.8, 4) is 5.75 Å². The molecule has 39 heavy (non-hydrogen) atoms. The van der Waals surface area contributed by atoms with E-state index in [2.05, 4.69) is 12.2 Å². The number of hydrogen-bond donors (Lipinski definition) is 1. The number of ether oxygens (including phenoxy) is 1. The summed E-state index contributed by atoms with van der Waals surface area (Å²) in [5.74, 6) is -1.88. The van der Waals surface area contributed by atoms with Crippen LogP contribution in [0.1, 0.15) is 36.9 Å². The Labute approximate surface area is 232 Å². The first-order valence-electron chi connectivity index (χ1n) is 13.2. The molecule has 2 fully saturated rings. The number of rotatable bonds is 7. The van der Waals surface area contributed by atoms with Crippen LogP contribution in [0.25, 0.3) is 6.08 Å². The van der Waals surface area contributed by atoms with Crippen molar-refractivity contribution in [1.82, 2.24) is 4.90 Å². The molecular weight excluding hydrogens is 514 g/mol. The van der Waals surface area contributed by atoms with E-state index in [-0.39, 0.29) is 17.7 Å². The number of fused-ring (bicyclic) bond motifs is 5. The number of anilines is 2. The van der Waals surface area contributed by atoms with Crippen molar-refractivity contribution in [2.75, 3.05) is 16.8 Å². The molecule has 3 aromatic rings. The van der Waals surface area contributed by atoms with E-state index < -0.39 is 23.9 Å². The van der Waals surface area contributed by atoms with Gasteiger partial charge in [0.1, 0.15) is 11.8 Å². The third kappa shape index (κ3) is 4.36. The van der Waals surface area contributed by atoms with Gasteiger partial charge in [-0.1, -0.05) is 49.2 Å². The maximum atomic E-state index is 14.0. The SMILES string of the molecule is CCCCOc1ccc(N2C(=O)[C@H]3[C@@H](C2=O)C2c4ccccc4C=CN2[C@H]3C(=O)Nc2ccc(Cl)cc2)cc1. The fraction of sp³-hybridized carbons (Fsp3) is 0.258. The minimum absolute atomic E-state index is 0.299. The average Bonchev–Trinajstić information content (AvgIpc) is 3.43. The molecule has 0 bridgehead atoms. The third-order valence-electron chi connectivity index (χ3n) is 7.70. The first kappa shape index (κ1) is 25.2. The topological polar surface area (TPSA) is 79.0 Å². The van der Waals surface area contributed by atoms with Crippen molar-refractivity contribution in [2.24, 2.45) is 11.8 Å². The van der Waals surface area contributed by atoms with E-state index in [1.54, 1.807) is 48.5 Å². The highest BCUT2D eigenvalue weighted by atomic mass is 35.5. The molecule has 8 heteroatoms. The Balaban J connectivity index is 1.35. The van der Waals surface area contributed by atoms with Gasteiger partial charge >= 0.3 is 0 Å². The number of benzene rings is 3. The van der Waals surface area contributed by atoms with Crippen LogP contribution in [0.4, 0.5) is 11.4 Å². The maximum absolute atomic E-state index is 14.0. The number of amides is 3. The summed E-state index contributed by atoms with van der Waals surface area (Å²) in [5.41, 5.74) is 2.95. The molecule has 3 heterocycles. The molecular formula is C31H28ClN3O4. The fourth-order valence-electron chi connectivity index (χ4n) is 5.89. The molecule has 3 aromatic carbocycles. The van der Waals surface area contributed by atoms with E-state index in [0.29, 0.717) is 28.8 Å². The second-order valence-electron chi connectivity index (χ2n) is 10.0. The highest BCUT2D eigenvalue weighted by Gasteiger charge is 2.64. The van der Waals surface area contributed by atoms with Crippen molar-refractivity contribution >= 4 is 46.8 Å². The number of imide groups is 1. The van der Waals surface area contributed by atoms with Gasteiger partial charge in [0.2, 0.25) is 17.7 Å². The van der Waals surface area contributed by atoms with E-state index in [0.717, 1.165) is 24.0 Å². The molecule has 198 valence electrons. The molecule has 0 saturated carbocycles. The fourth-order valence-corrected chi connectivity index (χ4v) is 6.01. The largest absolute Gasteiger partial charge is 0.494 e. The Bertz CT molecular complexity index is 1450. The van der Waals surface area contributed by atoms with Gasteiger partial charge < -0.3 is 15.0 Å². The third-order valence-corrected chi connectivity index (χ3v) is 7.96. The summed E-state index contributed by atoms with van der Waals surface area (Å²) in [5, 5.41) is 3.49. The maximum Gasteiger partial charge on any atom is 0.247 e. The summed E-state index contributed by atoms with van der Waals surface area (Å²) >= 11 is 6.01. The zero-order valence-corrected chi connectivity index (χ0v) is 22.2. The Morgan fingerprint density at radius 3 is 2.41 bits per heavy atom. The van der Waals surface area contributed by atoms with Gasteiger partial charge in [0.25, 0.3) is 0 Å². The predicted octanol–water partition coefficient (Wildman–Crippen LogP) is 5.67. The van der Waals surface area contributed by atoms with Gasteiger partial charge in [0.15, 0.2) is 0 Å². The van der Waals surface area contributed by atoms with E-state index in [1.807, 2.05) is 41.4 Å². The molecule has 1 unspecified atom stereocenters. The van der Waals surface area contributed by atoms with Crippen molar-refractivity contribution in [1.29, 1.82) is 0 Å². The van der Waals surface area contributed by atoms with E-state index in [9.17, 15) is 14.4 Å². The van der Waals surface area contributed by atoms with E-state index >= 15 is 0 Å². The van der Waals surface area contributed by atoms with Crippen LogP contribution in [0.2, 0.25) is 5.02 Å². The molecule has 3 aliphatic heterocycles. The van der Waals surface area contributed by atoms with Crippen molar-refractivity contribution in [2.45, 2.75) is 31.8 Å². The predicted molar refractivity (Wildman–Crippen MR) is 150 cm³/mol. The number of nitrogens with zero attached hydrogens (tertiary/aromatic N) is 2. The van der Waals surface area contributed by atoms with Crippen LogP contribution in [-0.4, -0.2) is 35.3 Å². The summed E-state index contributed by atoms with van der Waals surface area (Å²) in [4.78, 5) is 44.9. The summed E-state index contributed by atoms with van der Waals surface area (Å²) in [6, 6.07) is 20.3. The second kappa shape index (κ2) is 10.2. The van der Waals surface area contributed by atoms with E-state index in [1.165, 1.54) is 4.90 Å². The average molecular weight is 542 g/mol. The van der Waals surface area contributed by atoms with Gasteiger partial charge in [-0.05, 0) is 72.2 Å². The van der Waals surface area contributed by atoms with Gasteiger partial charge in [0, 0.05) is 16.9 Å². The smallest absolute Gasteiger partial charge is 0.247 e. The summed E-state index contributed by atoms with van der Waals surface area (Å²) in [6.45, 7) is 2.70. The van der Waals surface area contributed by atoms with Crippen LogP contribution in [0.15, 0.2) is 79.0 Å². The molecule has 3 amide bonds. The van der Waals surface area contributed by atoms with Crippen LogP contribution in [0.3, 0.4) is 0 Å². The first-order valence-corrected chi connectivity index (χ1v) is 13.6. The second-order valence-corrected chi connectivity index (χ2v) is 10.5. The van der Waals surface area contributed by atoms with Crippen LogP contribution >= 0.6 is 11.6 Å². The van der Waals surface area contributed by atoms with Gasteiger partial charge in [-0.3, -0.25) is 14.4 Å². The van der Waals surface area contributed by atoms with Gasteiger partial charge in [-0.2, -0.15) is 0 Å². The molecule has 3 aliphatic rings. The van der Waals surface area contributed by atoms with Gasteiger partial charge in [0.05, 0.1) is 30.2 Å². The monoisotopic (exact) mass is 541 g/mol. The molecule has 0 aliphatic carbocycles. The summed E-state index contributed by atoms with van der Waals surface area (Å²) in [6.07, 6.45) is 5.74. The Kier molecular flexibility index (Phi) is 6.61. The number of carbonyl (C=O) groups excluding carboxylic acids is 3. The summed E-state index contributed by atoms with van der Waals surface area (Å²) in [7, 11) is 0. The minimum atomic E-state index is -0.863. The first-order chi connectivity index (χ1) is 19.0. The number of unbranched alkanes of at least 4 members (excludes halogenated alkanes) is 1. The molecule has 0 spiro atoms. The zero-order chi connectivity index (χ0) is 27.1. The van der Waals surface area contributed by atoms with E-state index in [4.69, 9.17) is 16.3 Å². The number of halogens is 1. The highest BCUT2D eigenvalue weighted by molar-refractivity contribution is 6.30. The lowest BCUT2D eigenvalue weighted by Gasteiger charge is -2.35. The molecule has 4 atom stereocenters. The minimum Gasteiger partial charge on any atom is -0.494 e. The standard InChI is InChI=1S/C31H28ClN3O4/c1-2-3-18-39-23-14-12-22(13-15-23)35-30(37)25-26(31(35)38)28(29(36)33-21-10-8-20(32)9-11-21)34-17-16-19-6-4-5-7-24(19)27(25)34/h4-17,25-28H,2-3,18H2,1H3,(H,33,36)/t25-,26+,27?,28-/m1/s1. The van der Waals surface area contributed by atoms with Gasteiger partial charge in [-0.25, -0.2) is 4.90 Å². The van der Waals surface area contributed by atoms with Crippen molar-refractivity contribution in [3.63, 3.8) is 0 Å². The Morgan fingerprint density at radius 2 is 1.67 bits per heavy atom. The van der Waals surface area contributed by atoms with Crippen LogP contribution in [0.5, 0.6) is 5.75 Å². The Hall–Kier alpha value is -4.10. The number of hydrogen-bond acceptors (Lipinski definition) is 5. The molecule has 2 saturated heterocycles. The number of nitrogens with one attached hydrogen (secondary N) is 1. The Morgan fingerprint density at radius 1 is 0.949 bits per heavy atom. The normalized spacial score (nSPS) is 22.9. The summed E-state index contributed by atoms with van der Waals surface area (Å²) < 4.78 is 5.75. The van der Waals surface area contributed by atoms with Crippen molar-refractivity contribution in [3.05, 3.63) is 95.1 Å². The lowest BCUT2D eigenvalue weighted by atomic mass is 9.84. The van der Waals surface area contributed by atoms with Gasteiger partial charge in [-0.15, -0.1) is 0 Å². The van der Waals surface area contributed by atoms with Crippen molar-refractivity contribution < 1.29 is 19.1 Å². The molecule has 0 aromatic heterocycles. The lowest BCUT2D eigenvalue weighted by molar-refractivity contribution is -0.128. The highest BCUT2D eigenvalue weighted by Crippen LogP contribution is 2.53. The molecule has 1 N–H and O–H groups in total. The molecule has 0 radical (unpaired) electrons. The zero-order valence-electron chi connectivity index (χ0n) is 21.4. The lowest BCUT2D eigenvalue weighted by Crippen LogP contribution is -2.46. The van der Waals surface area contributed by atoms with Crippen LogP contribution < -0.4 is 15.0 Å². The quantitative estimate of drug-likeness (QED) is 0.308.